The van der Waals surface area contributed by atoms with Crippen LogP contribution < -0.4 is 20.7 Å². The van der Waals surface area contributed by atoms with Crippen molar-refractivity contribution in [2.75, 3.05) is 29.1 Å². The first-order valence-corrected chi connectivity index (χ1v) is 8.77. The number of carbonyl (C=O) groups excluding carboxylic acids is 2. The summed E-state index contributed by atoms with van der Waals surface area (Å²) in [4.78, 5) is 23.6. The van der Waals surface area contributed by atoms with Gasteiger partial charge in [0, 0.05) is 29.5 Å². The van der Waals surface area contributed by atoms with Crippen molar-refractivity contribution in [1.82, 2.24) is 0 Å². The first-order chi connectivity index (χ1) is 12.6. The average molecular weight is 355 g/mol. The molecule has 2 rings (SSSR count). The zero-order valence-electron chi connectivity index (χ0n) is 15.2. The Morgan fingerprint density at radius 3 is 2.27 bits per heavy atom. The molecule has 0 fully saturated rings. The highest BCUT2D eigenvalue weighted by atomic mass is 16.5. The molecule has 26 heavy (non-hydrogen) atoms. The second-order valence-electron chi connectivity index (χ2n) is 5.74. The van der Waals surface area contributed by atoms with Crippen molar-refractivity contribution in [2.24, 2.45) is 0 Å². The van der Waals surface area contributed by atoms with Gasteiger partial charge in [-0.3, -0.25) is 9.59 Å². The van der Waals surface area contributed by atoms with Gasteiger partial charge in [0.15, 0.2) is 0 Å². The summed E-state index contributed by atoms with van der Waals surface area (Å²) in [5.41, 5.74) is 2.24. The van der Waals surface area contributed by atoms with Crippen molar-refractivity contribution in [3.8, 4) is 5.75 Å². The molecule has 2 amide bonds. The summed E-state index contributed by atoms with van der Waals surface area (Å²) in [6.07, 6.45) is 1.32. The van der Waals surface area contributed by atoms with Crippen molar-refractivity contribution < 1.29 is 14.3 Å². The quantitative estimate of drug-likeness (QED) is 0.638. The lowest BCUT2D eigenvalue weighted by Gasteiger charge is -2.10. The Morgan fingerprint density at radius 2 is 1.58 bits per heavy atom. The molecule has 6 nitrogen and oxygen atoms in total. The zero-order chi connectivity index (χ0) is 18.8. The van der Waals surface area contributed by atoms with Crippen molar-refractivity contribution in [3.63, 3.8) is 0 Å². The summed E-state index contributed by atoms with van der Waals surface area (Å²) in [5, 5.41) is 8.70. The van der Waals surface area contributed by atoms with Gasteiger partial charge in [0.25, 0.3) is 0 Å². The second-order valence-corrected chi connectivity index (χ2v) is 5.74. The monoisotopic (exact) mass is 355 g/mol. The van der Waals surface area contributed by atoms with Crippen molar-refractivity contribution in [3.05, 3.63) is 48.5 Å². The first kappa shape index (κ1) is 19.3. The van der Waals surface area contributed by atoms with Gasteiger partial charge in [-0.15, -0.1) is 0 Å². The minimum atomic E-state index is -0.154. The lowest BCUT2D eigenvalue weighted by molar-refractivity contribution is -0.116. The Balaban J connectivity index is 1.81. The van der Waals surface area contributed by atoms with Gasteiger partial charge in [-0.25, -0.2) is 0 Å². The van der Waals surface area contributed by atoms with Crippen molar-refractivity contribution >= 4 is 28.9 Å². The van der Waals surface area contributed by atoms with E-state index in [2.05, 4.69) is 16.0 Å². The van der Waals surface area contributed by atoms with Gasteiger partial charge in [-0.05, 0) is 49.7 Å². The van der Waals surface area contributed by atoms with E-state index < -0.39 is 0 Å². The normalized spacial score (nSPS) is 10.1. The maximum absolute atomic E-state index is 12.1. The maximum atomic E-state index is 12.1. The lowest BCUT2D eigenvalue weighted by Crippen LogP contribution is -2.21. The molecule has 138 valence electrons. The fraction of sp³-hybridized carbons (Fsp3) is 0.300. The highest BCUT2D eigenvalue weighted by Crippen LogP contribution is 2.17. The van der Waals surface area contributed by atoms with Crippen molar-refractivity contribution in [2.45, 2.75) is 26.7 Å². The minimum absolute atomic E-state index is 0.00173. The number of hydrogen-bond donors (Lipinski definition) is 3. The Hall–Kier alpha value is -3.02. The Bertz CT molecular complexity index is 729. The smallest absolute Gasteiger partial charge is 0.243 e. The van der Waals surface area contributed by atoms with E-state index in [1.54, 1.807) is 18.2 Å². The third-order valence-electron chi connectivity index (χ3n) is 3.53. The molecule has 0 aliphatic heterocycles. The van der Waals surface area contributed by atoms with E-state index in [-0.39, 0.29) is 18.4 Å². The second kappa shape index (κ2) is 10.1. The minimum Gasteiger partial charge on any atom is -0.494 e. The largest absolute Gasteiger partial charge is 0.494 e. The van der Waals surface area contributed by atoms with E-state index in [0.29, 0.717) is 18.7 Å². The Labute approximate surface area is 153 Å². The summed E-state index contributed by atoms with van der Waals surface area (Å²) in [5.74, 6) is 0.569. The van der Waals surface area contributed by atoms with Crippen LogP contribution in [0.15, 0.2) is 48.5 Å². The molecule has 2 aromatic rings. The number of ether oxygens (including phenoxy) is 1. The Kier molecular flexibility index (Phi) is 7.49. The van der Waals surface area contributed by atoms with E-state index in [0.717, 1.165) is 23.5 Å². The zero-order valence-corrected chi connectivity index (χ0v) is 15.2. The van der Waals surface area contributed by atoms with E-state index in [1.807, 2.05) is 44.2 Å². The molecule has 0 saturated carbocycles. The molecule has 0 aromatic heterocycles. The molecule has 0 aliphatic carbocycles. The van der Waals surface area contributed by atoms with Crippen LogP contribution in [0.3, 0.4) is 0 Å². The lowest BCUT2D eigenvalue weighted by atomic mass is 10.2. The van der Waals surface area contributed by atoms with Gasteiger partial charge in [-0.2, -0.15) is 0 Å². The molecule has 0 unspecified atom stereocenters. The SMILES string of the molecule is CCCC(=O)Nc1ccc(NCC(=O)Nc2cccc(OCC)c2)cc1. The fourth-order valence-electron chi connectivity index (χ4n) is 2.34. The van der Waals surface area contributed by atoms with Crippen LogP contribution in [0.2, 0.25) is 0 Å². The van der Waals surface area contributed by atoms with E-state index in [4.69, 9.17) is 4.74 Å². The molecule has 2 aromatic carbocycles. The van der Waals surface area contributed by atoms with Gasteiger partial charge in [0.1, 0.15) is 5.75 Å². The van der Waals surface area contributed by atoms with Crippen molar-refractivity contribution in [1.29, 1.82) is 0 Å². The summed E-state index contributed by atoms with van der Waals surface area (Å²) in [6, 6.07) is 14.5. The molecule has 0 bridgehead atoms. The third kappa shape index (κ3) is 6.47. The number of rotatable bonds is 9. The molecule has 6 heteroatoms. The highest BCUT2D eigenvalue weighted by Gasteiger charge is 2.04. The maximum Gasteiger partial charge on any atom is 0.243 e. The summed E-state index contributed by atoms with van der Waals surface area (Å²) < 4.78 is 5.41. The molecule has 0 aliphatic rings. The predicted molar refractivity (Wildman–Crippen MR) is 105 cm³/mol. The third-order valence-corrected chi connectivity index (χ3v) is 3.53. The fourth-order valence-corrected chi connectivity index (χ4v) is 2.34. The predicted octanol–water partition coefficient (Wildman–Crippen LogP) is 3.87. The van der Waals surface area contributed by atoms with Crippen LogP contribution in [0.5, 0.6) is 5.75 Å². The van der Waals surface area contributed by atoms with Crippen LogP contribution in [-0.2, 0) is 9.59 Å². The van der Waals surface area contributed by atoms with Gasteiger partial charge in [-0.1, -0.05) is 13.0 Å². The van der Waals surface area contributed by atoms with E-state index in [9.17, 15) is 9.59 Å². The van der Waals surface area contributed by atoms with Crippen LogP contribution in [-0.4, -0.2) is 25.0 Å². The van der Waals surface area contributed by atoms with Crippen LogP contribution >= 0.6 is 0 Å². The van der Waals surface area contributed by atoms with Gasteiger partial charge >= 0.3 is 0 Å². The number of anilines is 3. The van der Waals surface area contributed by atoms with E-state index in [1.165, 1.54) is 0 Å². The van der Waals surface area contributed by atoms with Crippen LogP contribution in [0.25, 0.3) is 0 Å². The Morgan fingerprint density at radius 1 is 0.885 bits per heavy atom. The number of hydrogen-bond acceptors (Lipinski definition) is 4. The summed E-state index contributed by atoms with van der Waals surface area (Å²) in [7, 11) is 0. The molecular formula is C20H25N3O3. The number of benzene rings is 2. The number of carbonyl (C=O) groups is 2. The molecule has 0 radical (unpaired) electrons. The highest BCUT2D eigenvalue weighted by molar-refractivity contribution is 5.94. The van der Waals surface area contributed by atoms with Gasteiger partial charge < -0.3 is 20.7 Å². The van der Waals surface area contributed by atoms with Gasteiger partial charge in [0.2, 0.25) is 11.8 Å². The molecule has 3 N–H and O–H groups in total. The number of amides is 2. The first-order valence-electron chi connectivity index (χ1n) is 8.77. The molecular weight excluding hydrogens is 330 g/mol. The van der Waals surface area contributed by atoms with Crippen LogP contribution in [0, 0.1) is 0 Å². The molecule has 0 heterocycles. The molecule has 0 spiro atoms. The summed E-state index contributed by atoms with van der Waals surface area (Å²) in [6.45, 7) is 4.59. The number of nitrogens with one attached hydrogen (secondary N) is 3. The molecule has 0 saturated heterocycles. The van der Waals surface area contributed by atoms with Crippen LogP contribution in [0.4, 0.5) is 17.1 Å². The molecule has 0 atom stereocenters. The standard InChI is InChI=1S/C20H25N3O3/c1-3-6-19(24)22-16-11-9-15(10-12-16)21-14-20(25)23-17-7-5-8-18(13-17)26-4-2/h5,7-13,21H,3-4,6,14H2,1-2H3,(H,22,24)(H,23,25). The van der Waals surface area contributed by atoms with Crippen LogP contribution in [0.1, 0.15) is 26.7 Å². The van der Waals surface area contributed by atoms with E-state index >= 15 is 0 Å². The average Bonchev–Trinajstić information content (AvgIpc) is 2.62. The summed E-state index contributed by atoms with van der Waals surface area (Å²) >= 11 is 0. The van der Waals surface area contributed by atoms with Gasteiger partial charge in [0.05, 0.1) is 13.2 Å². The topological polar surface area (TPSA) is 79.5 Å².